The summed E-state index contributed by atoms with van der Waals surface area (Å²) in [6.07, 6.45) is 0. The lowest BCUT2D eigenvalue weighted by Crippen LogP contribution is -2.34. The summed E-state index contributed by atoms with van der Waals surface area (Å²) in [7, 11) is 1.49. The first-order valence-electron chi connectivity index (χ1n) is 5.23. The molecule has 0 aromatic heterocycles. The summed E-state index contributed by atoms with van der Waals surface area (Å²) in [6.45, 7) is 3.71. The van der Waals surface area contributed by atoms with E-state index in [-0.39, 0.29) is 12.1 Å². The van der Waals surface area contributed by atoms with Gasteiger partial charge in [0.1, 0.15) is 17.5 Å². The fourth-order valence-electron chi connectivity index (χ4n) is 1.34. The van der Waals surface area contributed by atoms with Crippen molar-refractivity contribution < 1.29 is 9.53 Å². The van der Waals surface area contributed by atoms with Crippen molar-refractivity contribution in [3.63, 3.8) is 0 Å². The molecule has 5 heteroatoms. The highest BCUT2D eigenvalue weighted by atomic mass is 16.5. The van der Waals surface area contributed by atoms with Crippen molar-refractivity contribution in [1.29, 1.82) is 5.26 Å². The molecule has 1 aromatic carbocycles. The van der Waals surface area contributed by atoms with Crippen molar-refractivity contribution in [3.8, 4) is 11.8 Å². The number of nitrogens with zero attached hydrogens (tertiary/aromatic N) is 1. The van der Waals surface area contributed by atoms with Crippen molar-refractivity contribution in [2.24, 2.45) is 0 Å². The molecule has 0 heterocycles. The van der Waals surface area contributed by atoms with Gasteiger partial charge in [0.05, 0.1) is 12.7 Å². The van der Waals surface area contributed by atoms with Gasteiger partial charge in [0, 0.05) is 6.04 Å². The summed E-state index contributed by atoms with van der Waals surface area (Å²) in [6, 6.07) is 6.67. The zero-order valence-corrected chi connectivity index (χ0v) is 10.1. The number of carbonyl (C=O) groups excluding carboxylic acids is 1. The Hall–Kier alpha value is -2.22. The van der Waals surface area contributed by atoms with Crippen LogP contribution in [0.1, 0.15) is 19.4 Å². The van der Waals surface area contributed by atoms with Gasteiger partial charge in [-0.05, 0) is 26.0 Å². The first kappa shape index (κ1) is 12.8. The van der Waals surface area contributed by atoms with E-state index in [1.165, 1.54) is 7.11 Å². The van der Waals surface area contributed by atoms with E-state index in [4.69, 9.17) is 10.00 Å². The molecule has 0 radical (unpaired) electrons. The van der Waals surface area contributed by atoms with E-state index in [0.717, 1.165) is 0 Å². The topological polar surface area (TPSA) is 74.1 Å². The summed E-state index contributed by atoms with van der Waals surface area (Å²) >= 11 is 0. The van der Waals surface area contributed by atoms with Gasteiger partial charge in [-0.25, -0.2) is 4.79 Å². The lowest BCUT2D eigenvalue weighted by Gasteiger charge is -2.13. The van der Waals surface area contributed by atoms with Crippen LogP contribution in [-0.2, 0) is 0 Å². The van der Waals surface area contributed by atoms with Crippen molar-refractivity contribution >= 4 is 11.7 Å². The van der Waals surface area contributed by atoms with Gasteiger partial charge in [0.15, 0.2) is 0 Å². The molecule has 2 N–H and O–H groups in total. The van der Waals surface area contributed by atoms with Gasteiger partial charge in [-0.2, -0.15) is 5.26 Å². The van der Waals surface area contributed by atoms with Gasteiger partial charge in [-0.1, -0.05) is 6.07 Å². The summed E-state index contributed by atoms with van der Waals surface area (Å²) in [5.74, 6) is 0.461. The Labute approximate surface area is 100 Å². The van der Waals surface area contributed by atoms with Gasteiger partial charge in [0.25, 0.3) is 0 Å². The Morgan fingerprint density at radius 2 is 2.18 bits per heavy atom. The van der Waals surface area contributed by atoms with E-state index in [1.807, 2.05) is 19.9 Å². The number of nitrogens with one attached hydrogen (secondary N) is 2. The molecule has 0 spiro atoms. The maximum Gasteiger partial charge on any atom is 0.319 e. The standard InChI is InChI=1S/C12H15N3O2/c1-8(2)14-12(16)15-11-9(7-13)5-4-6-10(11)17-3/h4-6,8H,1-3H3,(H2,14,15,16). The van der Waals surface area contributed by atoms with Gasteiger partial charge >= 0.3 is 6.03 Å². The van der Waals surface area contributed by atoms with Crippen molar-refractivity contribution in [2.45, 2.75) is 19.9 Å². The smallest absolute Gasteiger partial charge is 0.319 e. The second-order valence-corrected chi connectivity index (χ2v) is 3.75. The molecule has 90 valence electrons. The molecule has 5 nitrogen and oxygen atoms in total. The lowest BCUT2D eigenvalue weighted by atomic mass is 10.2. The molecule has 17 heavy (non-hydrogen) atoms. The first-order valence-corrected chi connectivity index (χ1v) is 5.23. The summed E-state index contributed by atoms with van der Waals surface area (Å²) < 4.78 is 5.10. The Morgan fingerprint density at radius 1 is 1.47 bits per heavy atom. The number of methoxy groups -OCH3 is 1. The molecule has 0 atom stereocenters. The van der Waals surface area contributed by atoms with Gasteiger partial charge in [0.2, 0.25) is 0 Å². The fraction of sp³-hybridized carbons (Fsp3) is 0.333. The average Bonchev–Trinajstić information content (AvgIpc) is 2.28. The Kier molecular flexibility index (Phi) is 4.35. The van der Waals surface area contributed by atoms with Crippen molar-refractivity contribution in [2.75, 3.05) is 12.4 Å². The predicted molar refractivity (Wildman–Crippen MR) is 65.0 cm³/mol. The van der Waals surface area contributed by atoms with E-state index in [0.29, 0.717) is 17.0 Å². The molecule has 1 aromatic rings. The van der Waals surface area contributed by atoms with Crippen LogP contribution in [0.5, 0.6) is 5.75 Å². The molecule has 0 aliphatic heterocycles. The van der Waals surface area contributed by atoms with Gasteiger partial charge < -0.3 is 15.4 Å². The van der Waals surface area contributed by atoms with Crippen LogP contribution in [0.15, 0.2) is 18.2 Å². The third-order valence-corrected chi connectivity index (χ3v) is 2.02. The number of ether oxygens (including phenoxy) is 1. The number of carbonyl (C=O) groups is 1. The zero-order chi connectivity index (χ0) is 12.8. The SMILES string of the molecule is COc1cccc(C#N)c1NC(=O)NC(C)C. The largest absolute Gasteiger partial charge is 0.495 e. The molecule has 0 unspecified atom stereocenters. The van der Waals surface area contributed by atoms with Gasteiger partial charge in [-0.15, -0.1) is 0 Å². The molecule has 0 aliphatic rings. The monoisotopic (exact) mass is 233 g/mol. The normalized spacial score (nSPS) is 9.59. The highest BCUT2D eigenvalue weighted by Crippen LogP contribution is 2.27. The third-order valence-electron chi connectivity index (χ3n) is 2.02. The number of hydrogen-bond donors (Lipinski definition) is 2. The van der Waals surface area contributed by atoms with Gasteiger partial charge in [-0.3, -0.25) is 0 Å². The van der Waals surface area contributed by atoms with Crippen LogP contribution in [0.4, 0.5) is 10.5 Å². The zero-order valence-electron chi connectivity index (χ0n) is 10.1. The second kappa shape index (κ2) is 5.75. The number of hydrogen-bond acceptors (Lipinski definition) is 3. The summed E-state index contributed by atoms with van der Waals surface area (Å²) in [5.41, 5.74) is 0.749. The number of para-hydroxylation sites is 1. The third kappa shape index (κ3) is 3.38. The summed E-state index contributed by atoms with van der Waals surface area (Å²) in [5, 5.41) is 14.2. The van der Waals surface area contributed by atoms with E-state index in [2.05, 4.69) is 10.6 Å². The van der Waals surface area contributed by atoms with Crippen molar-refractivity contribution in [1.82, 2.24) is 5.32 Å². The van der Waals surface area contributed by atoms with Crippen LogP contribution >= 0.6 is 0 Å². The quantitative estimate of drug-likeness (QED) is 0.839. The van der Waals surface area contributed by atoms with Crippen molar-refractivity contribution in [3.05, 3.63) is 23.8 Å². The Bertz CT molecular complexity index is 450. The molecule has 0 aliphatic carbocycles. The van der Waals surface area contributed by atoms with Crippen LogP contribution in [0, 0.1) is 11.3 Å². The van der Waals surface area contributed by atoms with Crippen LogP contribution in [0.25, 0.3) is 0 Å². The molecular weight excluding hydrogens is 218 g/mol. The molecule has 0 bridgehead atoms. The van der Waals surface area contributed by atoms with Crippen LogP contribution in [0.3, 0.4) is 0 Å². The highest BCUT2D eigenvalue weighted by molar-refractivity contribution is 5.92. The Balaban J connectivity index is 2.96. The molecule has 1 rings (SSSR count). The predicted octanol–water partition coefficient (Wildman–Crippen LogP) is 2.10. The number of nitriles is 1. The number of amides is 2. The number of rotatable bonds is 3. The molecule has 0 saturated heterocycles. The van der Waals surface area contributed by atoms with E-state index < -0.39 is 0 Å². The Morgan fingerprint density at radius 3 is 2.71 bits per heavy atom. The molecular formula is C12H15N3O2. The number of urea groups is 1. The minimum absolute atomic E-state index is 0.0234. The van der Waals surface area contributed by atoms with Crippen LogP contribution in [0.2, 0.25) is 0 Å². The minimum atomic E-state index is -0.360. The van der Waals surface area contributed by atoms with Crippen LogP contribution < -0.4 is 15.4 Å². The minimum Gasteiger partial charge on any atom is -0.495 e. The number of benzene rings is 1. The first-order chi connectivity index (χ1) is 8.08. The average molecular weight is 233 g/mol. The maximum absolute atomic E-state index is 11.6. The lowest BCUT2D eigenvalue weighted by molar-refractivity contribution is 0.250. The molecule has 0 saturated carbocycles. The van der Waals surface area contributed by atoms with Crippen LogP contribution in [-0.4, -0.2) is 19.2 Å². The highest BCUT2D eigenvalue weighted by Gasteiger charge is 2.12. The molecule has 2 amide bonds. The van der Waals surface area contributed by atoms with E-state index >= 15 is 0 Å². The second-order valence-electron chi connectivity index (χ2n) is 3.75. The summed E-state index contributed by atoms with van der Waals surface area (Å²) in [4.78, 5) is 11.6. The van der Waals surface area contributed by atoms with E-state index in [9.17, 15) is 4.79 Å². The maximum atomic E-state index is 11.6. The van der Waals surface area contributed by atoms with E-state index in [1.54, 1.807) is 18.2 Å². The molecule has 0 fully saturated rings. The fourth-order valence-corrected chi connectivity index (χ4v) is 1.34. The number of anilines is 1.